The molecule has 302 valence electrons. The SMILES string of the molecule is c1ccc(-n2c3ccccc3c3cc(-c4cc5c(-c6ccc7c(c6)C(c6ccccc6)(c6ccccc6)c6ccccc6-7)nc6ccccc6c5c5c4oc4ccccc45)ccc32)cc1. The van der Waals surface area contributed by atoms with E-state index in [1.165, 1.54) is 49.7 Å². The highest BCUT2D eigenvalue weighted by molar-refractivity contribution is 6.30. The van der Waals surface area contributed by atoms with Crippen LogP contribution in [0.2, 0.25) is 0 Å². The zero-order valence-electron chi connectivity index (χ0n) is 35.2. The molecule has 1 aliphatic carbocycles. The summed E-state index contributed by atoms with van der Waals surface area (Å²) in [6, 6.07) is 83.8. The zero-order valence-corrected chi connectivity index (χ0v) is 35.2. The number of pyridine rings is 1. The predicted molar refractivity (Wildman–Crippen MR) is 269 cm³/mol. The number of hydrogen-bond donors (Lipinski definition) is 0. The number of aromatic nitrogens is 2. The minimum atomic E-state index is -0.537. The molecule has 0 spiro atoms. The van der Waals surface area contributed by atoms with E-state index in [0.29, 0.717) is 0 Å². The van der Waals surface area contributed by atoms with E-state index in [1.54, 1.807) is 0 Å². The average molecular weight is 827 g/mol. The van der Waals surface area contributed by atoms with Crippen molar-refractivity contribution in [2.75, 3.05) is 0 Å². The van der Waals surface area contributed by atoms with Crippen LogP contribution < -0.4 is 0 Å². The van der Waals surface area contributed by atoms with Gasteiger partial charge in [0.25, 0.3) is 0 Å². The van der Waals surface area contributed by atoms with Gasteiger partial charge in [-0.1, -0.05) is 176 Å². The summed E-state index contributed by atoms with van der Waals surface area (Å²) in [5.74, 6) is 0. The molecule has 0 N–H and O–H groups in total. The van der Waals surface area contributed by atoms with Crippen LogP contribution in [0.3, 0.4) is 0 Å². The third-order valence-corrected chi connectivity index (χ3v) is 14.0. The minimum absolute atomic E-state index is 0.537. The molecule has 0 saturated heterocycles. The van der Waals surface area contributed by atoms with Crippen LogP contribution in [0, 0.1) is 0 Å². The van der Waals surface area contributed by atoms with E-state index in [-0.39, 0.29) is 0 Å². The van der Waals surface area contributed by atoms with Crippen LogP contribution in [-0.2, 0) is 5.41 Å². The number of rotatable bonds is 5. The Hall–Kier alpha value is -8.53. The molecular weight excluding hydrogens is 789 g/mol. The fourth-order valence-corrected chi connectivity index (χ4v) is 11.4. The van der Waals surface area contributed by atoms with E-state index < -0.39 is 5.41 Å². The van der Waals surface area contributed by atoms with Crippen molar-refractivity contribution < 1.29 is 4.42 Å². The summed E-state index contributed by atoms with van der Waals surface area (Å²) in [6.45, 7) is 0. The lowest BCUT2D eigenvalue weighted by molar-refractivity contribution is 0.670. The average Bonchev–Trinajstić information content (AvgIpc) is 4.03. The molecule has 0 fully saturated rings. The Labute approximate surface area is 375 Å². The lowest BCUT2D eigenvalue weighted by Gasteiger charge is -2.34. The Morgan fingerprint density at radius 3 is 1.80 bits per heavy atom. The molecule has 0 bridgehead atoms. The number of furan rings is 1. The molecule has 0 aliphatic heterocycles. The molecular formula is C62H38N2O. The molecule has 13 aromatic rings. The summed E-state index contributed by atoms with van der Waals surface area (Å²) in [5, 5.41) is 7.95. The number of hydrogen-bond acceptors (Lipinski definition) is 2. The molecule has 14 rings (SSSR count). The lowest BCUT2D eigenvalue weighted by Crippen LogP contribution is -2.28. The van der Waals surface area contributed by atoms with Crippen molar-refractivity contribution >= 4 is 65.4 Å². The maximum atomic E-state index is 7.01. The highest BCUT2D eigenvalue weighted by Crippen LogP contribution is 2.57. The van der Waals surface area contributed by atoms with Crippen molar-refractivity contribution in [2.24, 2.45) is 0 Å². The van der Waals surface area contributed by atoms with Crippen LogP contribution in [0.1, 0.15) is 22.3 Å². The Kier molecular flexibility index (Phi) is 7.61. The van der Waals surface area contributed by atoms with Crippen LogP contribution in [0.4, 0.5) is 0 Å². The molecule has 1 aliphatic rings. The second-order valence-electron chi connectivity index (χ2n) is 17.3. The lowest BCUT2D eigenvalue weighted by atomic mass is 9.67. The van der Waals surface area contributed by atoms with Gasteiger partial charge in [-0.25, -0.2) is 4.98 Å². The van der Waals surface area contributed by atoms with Crippen molar-refractivity contribution in [3.63, 3.8) is 0 Å². The van der Waals surface area contributed by atoms with Crippen LogP contribution in [0.5, 0.6) is 0 Å². The van der Waals surface area contributed by atoms with Gasteiger partial charge in [-0.2, -0.15) is 0 Å². The summed E-state index contributed by atoms with van der Waals surface area (Å²) in [7, 11) is 0. The maximum absolute atomic E-state index is 7.01. The van der Waals surface area contributed by atoms with Gasteiger partial charge in [-0.05, 0) is 93.5 Å². The molecule has 3 heterocycles. The van der Waals surface area contributed by atoms with Gasteiger partial charge in [-0.3, -0.25) is 0 Å². The van der Waals surface area contributed by atoms with Gasteiger partial charge in [0.15, 0.2) is 0 Å². The van der Waals surface area contributed by atoms with E-state index >= 15 is 0 Å². The normalized spacial score (nSPS) is 13.0. The summed E-state index contributed by atoms with van der Waals surface area (Å²) in [4.78, 5) is 5.64. The van der Waals surface area contributed by atoms with Gasteiger partial charge in [0.2, 0.25) is 0 Å². The van der Waals surface area contributed by atoms with Crippen LogP contribution in [-0.4, -0.2) is 9.55 Å². The summed E-state index contributed by atoms with van der Waals surface area (Å²) in [5.41, 5.74) is 17.3. The van der Waals surface area contributed by atoms with Crippen molar-refractivity contribution in [2.45, 2.75) is 5.41 Å². The van der Waals surface area contributed by atoms with Gasteiger partial charge in [0.1, 0.15) is 11.2 Å². The van der Waals surface area contributed by atoms with Crippen molar-refractivity contribution in [3.8, 4) is 39.2 Å². The number of fused-ring (bicyclic) bond motifs is 13. The molecule has 0 atom stereocenters. The second kappa shape index (κ2) is 13.7. The molecule has 0 saturated carbocycles. The number of para-hydroxylation sites is 4. The summed E-state index contributed by atoms with van der Waals surface area (Å²) < 4.78 is 9.38. The third-order valence-electron chi connectivity index (χ3n) is 14.0. The molecule has 65 heavy (non-hydrogen) atoms. The molecule has 0 radical (unpaired) electrons. The van der Waals surface area contributed by atoms with Crippen molar-refractivity contribution in [1.29, 1.82) is 0 Å². The highest BCUT2D eigenvalue weighted by atomic mass is 16.3. The largest absolute Gasteiger partial charge is 0.455 e. The van der Waals surface area contributed by atoms with Crippen LogP contribution >= 0.6 is 0 Å². The first-order valence-electron chi connectivity index (χ1n) is 22.4. The zero-order chi connectivity index (χ0) is 42.6. The van der Waals surface area contributed by atoms with Gasteiger partial charge < -0.3 is 8.98 Å². The fraction of sp³-hybridized carbons (Fsp3) is 0.0161. The smallest absolute Gasteiger partial charge is 0.143 e. The topological polar surface area (TPSA) is 31.0 Å². The first kappa shape index (κ1) is 36.0. The molecule has 10 aromatic carbocycles. The van der Waals surface area contributed by atoms with Crippen LogP contribution in [0.15, 0.2) is 235 Å². The van der Waals surface area contributed by atoms with E-state index in [1.807, 2.05) is 0 Å². The van der Waals surface area contributed by atoms with E-state index in [9.17, 15) is 0 Å². The number of benzene rings is 10. The quantitative estimate of drug-likeness (QED) is 0.162. The van der Waals surface area contributed by atoms with E-state index in [0.717, 1.165) is 77.2 Å². The Balaban J connectivity index is 1.09. The van der Waals surface area contributed by atoms with Crippen LogP contribution in [0.25, 0.3) is 105 Å². The molecule has 3 heteroatoms. The molecule has 0 unspecified atom stereocenters. The van der Waals surface area contributed by atoms with Crippen molar-refractivity contribution in [3.05, 3.63) is 253 Å². The Bertz CT molecular complexity index is 4010. The van der Waals surface area contributed by atoms with Crippen molar-refractivity contribution in [1.82, 2.24) is 9.55 Å². The number of nitrogens with zero attached hydrogens (tertiary/aromatic N) is 2. The molecule has 3 aromatic heterocycles. The van der Waals surface area contributed by atoms with Gasteiger partial charge in [-0.15, -0.1) is 0 Å². The predicted octanol–water partition coefficient (Wildman–Crippen LogP) is 16.1. The van der Waals surface area contributed by atoms with E-state index in [2.05, 4.69) is 235 Å². The van der Waals surface area contributed by atoms with Gasteiger partial charge in [0, 0.05) is 54.5 Å². The molecule has 3 nitrogen and oxygen atoms in total. The minimum Gasteiger partial charge on any atom is -0.455 e. The fourth-order valence-electron chi connectivity index (χ4n) is 11.4. The first-order valence-corrected chi connectivity index (χ1v) is 22.4. The first-order chi connectivity index (χ1) is 32.3. The second-order valence-corrected chi connectivity index (χ2v) is 17.3. The van der Waals surface area contributed by atoms with E-state index in [4.69, 9.17) is 9.40 Å². The summed E-state index contributed by atoms with van der Waals surface area (Å²) in [6.07, 6.45) is 0. The maximum Gasteiger partial charge on any atom is 0.143 e. The Morgan fingerprint density at radius 2 is 1.00 bits per heavy atom. The molecule has 0 amide bonds. The highest BCUT2D eigenvalue weighted by Gasteiger charge is 2.46. The monoisotopic (exact) mass is 826 g/mol. The summed E-state index contributed by atoms with van der Waals surface area (Å²) >= 11 is 0. The third kappa shape index (κ3) is 5.04. The van der Waals surface area contributed by atoms with Gasteiger partial charge in [0.05, 0.1) is 27.7 Å². The standard InChI is InChI=1S/C62H38N2O/c1-4-18-41(19-5-1)62(42-20-6-2-7-21-42)52-28-14-10-24-44(52)45-34-32-40(37-53(45)62)60-51-38-49(61-59(48-27-13-17-31-57(48)65-61)58(51)47-26-11-15-29-54(47)63-60)39-33-35-56-50(36-39)46-25-12-16-30-55(46)64(56)43-22-8-3-9-23-43/h1-38H. The van der Waals surface area contributed by atoms with Gasteiger partial charge >= 0.3 is 0 Å². The Morgan fingerprint density at radius 1 is 0.385 bits per heavy atom.